The maximum Gasteiger partial charge on any atom is 0.416 e. The van der Waals surface area contributed by atoms with Crippen LogP contribution in [0.2, 0.25) is 0 Å². The summed E-state index contributed by atoms with van der Waals surface area (Å²) in [6.45, 7) is 3.64. The lowest BCUT2D eigenvalue weighted by atomic mass is 10.0. The van der Waals surface area contributed by atoms with Crippen molar-refractivity contribution in [1.82, 2.24) is 14.7 Å². The number of benzene rings is 2. The number of carbonyl (C=O) groups is 2. The fourth-order valence-corrected chi connectivity index (χ4v) is 5.35. The molecule has 2 aromatic carbocycles. The van der Waals surface area contributed by atoms with Gasteiger partial charge >= 0.3 is 18.3 Å². The van der Waals surface area contributed by atoms with E-state index in [-0.39, 0.29) is 11.2 Å². The van der Waals surface area contributed by atoms with Gasteiger partial charge in [0.1, 0.15) is 4.87 Å². The molecule has 15 heteroatoms. The van der Waals surface area contributed by atoms with Crippen LogP contribution in [0.4, 0.5) is 26.3 Å². The molecule has 1 unspecified atom stereocenters. The van der Waals surface area contributed by atoms with Crippen LogP contribution in [-0.4, -0.2) is 43.9 Å². The number of thioether (sulfide) groups is 1. The first kappa shape index (κ1) is 32.6. The number of hydrazine groups is 1. The molecule has 8 nitrogen and oxygen atoms in total. The summed E-state index contributed by atoms with van der Waals surface area (Å²) in [6, 6.07) is 8.05. The number of aryl methyl sites for hydroxylation is 1. The third kappa shape index (κ3) is 6.94. The highest BCUT2D eigenvalue weighted by Crippen LogP contribution is 2.49. The average molecular weight is 617 g/mol. The monoisotopic (exact) mass is 616 g/mol. The number of nitrogens with one attached hydrogen (secondary N) is 1. The molecule has 0 saturated carbocycles. The van der Waals surface area contributed by atoms with Crippen LogP contribution in [0.15, 0.2) is 53.8 Å². The van der Waals surface area contributed by atoms with Crippen LogP contribution in [0.3, 0.4) is 0 Å². The summed E-state index contributed by atoms with van der Waals surface area (Å²) in [7, 11) is 2.99. The zero-order chi connectivity index (χ0) is 31.6. The summed E-state index contributed by atoms with van der Waals surface area (Å²) in [6.07, 6.45) is -6.33. The number of hydrogen-bond donors (Lipinski definition) is 1. The number of para-hydroxylation sites is 1. The van der Waals surface area contributed by atoms with Gasteiger partial charge in [-0.3, -0.25) is 19.7 Å². The number of carboxylic acid groups (broad SMARTS) is 1. The number of alkyl halides is 6. The minimum absolute atomic E-state index is 0.0389. The average Bonchev–Trinajstić information content (AvgIpc) is 3.42. The number of amidine groups is 1. The molecule has 1 aliphatic heterocycles. The number of nitrogens with zero attached hydrogens (tertiary/aromatic N) is 4. The Morgan fingerprint density at radius 3 is 2.14 bits per heavy atom. The maximum absolute atomic E-state index is 13.3. The summed E-state index contributed by atoms with van der Waals surface area (Å²) in [4.78, 5) is 21.8. The number of amides is 1. The molecule has 0 spiro atoms. The number of carbonyl (C=O) groups excluding carboxylic acids is 1. The number of fused-ring (bicyclic) bond motifs is 1. The normalized spacial score (nSPS) is 17.1. The van der Waals surface area contributed by atoms with Crippen molar-refractivity contribution in [2.24, 2.45) is 12.1 Å². The molecule has 42 heavy (non-hydrogen) atoms. The molecule has 0 aliphatic carbocycles. The van der Waals surface area contributed by atoms with Gasteiger partial charge in [-0.25, -0.2) is 0 Å². The maximum atomic E-state index is 13.3. The van der Waals surface area contributed by atoms with Gasteiger partial charge in [0.2, 0.25) is 0 Å². The van der Waals surface area contributed by atoms with Crippen LogP contribution in [0.25, 0.3) is 16.6 Å². The van der Waals surface area contributed by atoms with Crippen LogP contribution in [-0.2, 0) is 29.1 Å². The number of aliphatic carboxylic acids is 1. The van der Waals surface area contributed by atoms with E-state index in [1.807, 2.05) is 29.7 Å². The minimum atomic E-state index is -5.09. The highest BCUT2D eigenvalue weighted by atomic mass is 32.2. The van der Waals surface area contributed by atoms with Gasteiger partial charge in [0, 0.05) is 48.7 Å². The molecule has 0 radical (unpaired) electrons. The molecule has 3 aromatic rings. The third-order valence-electron chi connectivity index (χ3n) is 6.42. The number of halogens is 6. The Morgan fingerprint density at radius 2 is 1.64 bits per heavy atom. The Balaban J connectivity index is 0.000000616. The van der Waals surface area contributed by atoms with E-state index in [4.69, 9.17) is 10.8 Å². The Bertz CT molecular complexity index is 1470. The van der Waals surface area contributed by atoms with E-state index in [1.54, 1.807) is 26.2 Å². The quantitative estimate of drug-likeness (QED) is 0.286. The Morgan fingerprint density at radius 1 is 1.07 bits per heavy atom. The lowest BCUT2D eigenvalue weighted by molar-refractivity contribution is -0.143. The topological polar surface area (TPSA) is 102 Å². The molecule has 1 aromatic heterocycles. The number of carboxylic acids is 1. The largest absolute Gasteiger partial charge is 0.481 e. The van der Waals surface area contributed by atoms with E-state index in [0.29, 0.717) is 24.1 Å². The first-order chi connectivity index (χ1) is 19.4. The van der Waals surface area contributed by atoms with Crippen LogP contribution >= 0.6 is 11.8 Å². The molecular formula is C27H28F6N5O3S-. The lowest BCUT2D eigenvalue weighted by Gasteiger charge is -2.43. The molecule has 0 saturated heterocycles. The number of hydrazone groups is 1. The zero-order valence-corrected chi connectivity index (χ0v) is 23.8. The SMILES string of the molecule is CCCCC(=O)O.CN(C(=O)c1cc(C(F)(F)F)cc(C(F)(F)F)c1)N1N=C([NH-])SC1(C)c1cn(C)c2ccccc12. The minimum Gasteiger partial charge on any atom is -0.481 e. The van der Waals surface area contributed by atoms with Crippen LogP contribution < -0.4 is 0 Å². The predicted octanol–water partition coefficient (Wildman–Crippen LogP) is 7.71. The van der Waals surface area contributed by atoms with Crippen molar-refractivity contribution in [3.8, 4) is 0 Å². The zero-order valence-electron chi connectivity index (χ0n) is 23.0. The molecule has 0 fully saturated rings. The molecule has 1 amide bonds. The lowest BCUT2D eigenvalue weighted by Crippen LogP contribution is -2.48. The van der Waals surface area contributed by atoms with E-state index in [2.05, 4.69) is 5.10 Å². The van der Waals surface area contributed by atoms with Crippen molar-refractivity contribution in [2.75, 3.05) is 7.05 Å². The Labute approximate surface area is 241 Å². The standard InChI is InChI=1S/C22H18F6N5OS.C5H10O2/c1-20(16-11-31(2)17-7-5-4-6-15(16)17)33(30-19(29)35-20)32(3)18(34)12-8-13(21(23,24)25)10-14(9-12)22(26,27)28;1-2-3-4-5(6)7/h4-11H,1-3H3,(H-,29,30);2-4H2,1H3,(H,6,7)/q-1;. The van der Waals surface area contributed by atoms with Crippen molar-refractivity contribution >= 4 is 39.7 Å². The molecule has 228 valence electrons. The third-order valence-corrected chi connectivity index (χ3v) is 7.47. The van der Waals surface area contributed by atoms with E-state index < -0.39 is 45.8 Å². The molecule has 4 rings (SSSR count). The fourth-order valence-electron chi connectivity index (χ4n) is 4.34. The number of hydrogen-bond acceptors (Lipinski definition) is 5. The van der Waals surface area contributed by atoms with Crippen molar-refractivity contribution in [1.29, 1.82) is 0 Å². The van der Waals surface area contributed by atoms with Crippen molar-refractivity contribution in [3.05, 3.63) is 76.6 Å². The highest BCUT2D eigenvalue weighted by Gasteiger charge is 2.42. The Kier molecular flexibility index (Phi) is 9.44. The second-order valence-electron chi connectivity index (χ2n) is 9.57. The first-order valence-electron chi connectivity index (χ1n) is 12.5. The van der Waals surface area contributed by atoms with Crippen molar-refractivity contribution < 1.29 is 41.0 Å². The summed E-state index contributed by atoms with van der Waals surface area (Å²) >= 11 is 0.988. The summed E-state index contributed by atoms with van der Waals surface area (Å²) < 4.78 is 81.6. The Hall–Kier alpha value is -3.88. The van der Waals surface area contributed by atoms with E-state index in [9.17, 15) is 35.9 Å². The smallest absolute Gasteiger partial charge is 0.416 e. The second kappa shape index (κ2) is 12.2. The second-order valence-corrected chi connectivity index (χ2v) is 11.0. The summed E-state index contributed by atoms with van der Waals surface area (Å²) in [5.41, 5.74) is 5.59. The van der Waals surface area contributed by atoms with Gasteiger partial charge in [0.15, 0.2) is 0 Å². The number of unbranched alkanes of at least 4 members (excludes halogenated alkanes) is 1. The van der Waals surface area contributed by atoms with Crippen LogP contribution in [0, 0.1) is 0 Å². The van der Waals surface area contributed by atoms with Gasteiger partial charge in [-0.05, 0) is 42.8 Å². The summed E-state index contributed by atoms with van der Waals surface area (Å²) in [5.74, 6) is -1.84. The molecule has 1 atom stereocenters. The molecular weight excluding hydrogens is 588 g/mol. The van der Waals surface area contributed by atoms with Gasteiger partial charge in [-0.15, -0.1) is 0 Å². The molecule has 2 heterocycles. The van der Waals surface area contributed by atoms with Gasteiger partial charge in [0.25, 0.3) is 5.91 Å². The van der Waals surface area contributed by atoms with Gasteiger partial charge in [-0.2, -0.15) is 26.3 Å². The molecule has 1 aliphatic rings. The highest BCUT2D eigenvalue weighted by molar-refractivity contribution is 8.15. The van der Waals surface area contributed by atoms with Gasteiger partial charge in [0.05, 0.1) is 11.1 Å². The molecule has 0 bridgehead atoms. The van der Waals surface area contributed by atoms with Gasteiger partial charge < -0.3 is 20.5 Å². The predicted molar refractivity (Wildman–Crippen MR) is 147 cm³/mol. The number of aromatic nitrogens is 1. The van der Waals surface area contributed by atoms with E-state index in [1.165, 1.54) is 7.05 Å². The van der Waals surface area contributed by atoms with Gasteiger partial charge in [-0.1, -0.05) is 43.3 Å². The van der Waals surface area contributed by atoms with Crippen LogP contribution in [0.5, 0.6) is 0 Å². The van der Waals surface area contributed by atoms with E-state index >= 15 is 0 Å². The fraction of sp³-hybridized carbons (Fsp3) is 0.370. The first-order valence-corrected chi connectivity index (χ1v) is 13.3. The van der Waals surface area contributed by atoms with Crippen molar-refractivity contribution in [2.45, 2.75) is 50.3 Å². The van der Waals surface area contributed by atoms with Crippen LogP contribution in [0.1, 0.15) is 60.2 Å². The van der Waals surface area contributed by atoms with E-state index in [0.717, 1.165) is 45.6 Å². The molecule has 2 N–H and O–H groups in total. The van der Waals surface area contributed by atoms with Crippen molar-refractivity contribution in [3.63, 3.8) is 0 Å². The summed E-state index contributed by atoms with van der Waals surface area (Å²) in [5, 5.41) is 14.6. The number of rotatable bonds is 6.